The van der Waals surface area contributed by atoms with Crippen LogP contribution in [0.2, 0.25) is 0 Å². The van der Waals surface area contributed by atoms with Crippen LogP contribution in [0.25, 0.3) is 0 Å². The average Bonchev–Trinajstić information content (AvgIpc) is 3.07. The van der Waals surface area contributed by atoms with Crippen molar-refractivity contribution in [2.24, 2.45) is 11.5 Å². The monoisotopic (exact) mass is 356 g/mol. The molecule has 2 fully saturated rings. The number of thiol groups is 1. The molecule has 2 saturated heterocycles. The van der Waals surface area contributed by atoms with E-state index in [-0.39, 0.29) is 31.1 Å². The van der Waals surface area contributed by atoms with E-state index >= 15 is 0 Å². The second kappa shape index (κ2) is 7.42. The first-order valence-corrected chi connectivity index (χ1v) is 8.77. The van der Waals surface area contributed by atoms with Crippen molar-refractivity contribution in [1.29, 1.82) is 0 Å². The number of amides is 4. The number of hydrogen-bond donors (Lipinski definition) is 3. The van der Waals surface area contributed by atoms with E-state index in [1.807, 2.05) is 0 Å². The summed E-state index contributed by atoms with van der Waals surface area (Å²) < 4.78 is 0. The normalized spacial score (nSPS) is 24.6. The zero-order valence-electron chi connectivity index (χ0n) is 13.6. The highest BCUT2D eigenvalue weighted by Crippen LogP contribution is 2.40. The maximum Gasteiger partial charge on any atom is 0.249 e. The fraction of sp³-hybridized carbons (Fsp3) is 0.733. The van der Waals surface area contributed by atoms with Gasteiger partial charge in [-0.1, -0.05) is 0 Å². The van der Waals surface area contributed by atoms with Crippen LogP contribution in [0.4, 0.5) is 0 Å². The van der Waals surface area contributed by atoms with Gasteiger partial charge in [-0.05, 0) is 31.4 Å². The summed E-state index contributed by atoms with van der Waals surface area (Å²) in [4.78, 5) is 51.2. The zero-order valence-corrected chi connectivity index (χ0v) is 14.5. The molecule has 0 aromatic carbocycles. The van der Waals surface area contributed by atoms with Gasteiger partial charge in [-0.3, -0.25) is 19.2 Å². The van der Waals surface area contributed by atoms with Crippen molar-refractivity contribution in [3.63, 3.8) is 0 Å². The predicted molar refractivity (Wildman–Crippen MR) is 89.9 cm³/mol. The van der Waals surface area contributed by atoms with Crippen molar-refractivity contribution in [1.82, 2.24) is 9.80 Å². The molecule has 8 nitrogen and oxygen atoms in total. The van der Waals surface area contributed by atoms with E-state index in [0.717, 1.165) is 6.42 Å². The van der Waals surface area contributed by atoms with E-state index in [1.54, 1.807) is 4.90 Å². The number of nitrogens with two attached hydrogens (primary N) is 2. The highest BCUT2D eigenvalue weighted by atomic mass is 32.1. The molecule has 24 heavy (non-hydrogen) atoms. The van der Waals surface area contributed by atoms with Crippen molar-refractivity contribution in [2.45, 2.75) is 50.1 Å². The number of carbonyl (C=O) groups is 4. The van der Waals surface area contributed by atoms with Gasteiger partial charge in [0.15, 0.2) is 0 Å². The SMILES string of the molecule is NC(=O)CC[C@@H](C(N)=O)N1CCC2(CCCN2C(=O)CCS)C1=O. The lowest BCUT2D eigenvalue weighted by atomic mass is 9.93. The van der Waals surface area contributed by atoms with Crippen LogP contribution in [0.3, 0.4) is 0 Å². The summed E-state index contributed by atoms with van der Waals surface area (Å²) in [5.74, 6) is -1.13. The lowest BCUT2D eigenvalue weighted by Crippen LogP contribution is -2.55. The molecule has 134 valence electrons. The Balaban J connectivity index is 2.19. The quantitative estimate of drug-likeness (QED) is 0.507. The summed E-state index contributed by atoms with van der Waals surface area (Å²) in [7, 11) is 0. The maximum atomic E-state index is 13.0. The van der Waals surface area contributed by atoms with Gasteiger partial charge >= 0.3 is 0 Å². The molecule has 4 N–H and O–H groups in total. The molecule has 0 aliphatic carbocycles. The Hall–Kier alpha value is -1.77. The van der Waals surface area contributed by atoms with Crippen molar-refractivity contribution < 1.29 is 19.2 Å². The first-order chi connectivity index (χ1) is 11.3. The Morgan fingerprint density at radius 2 is 1.88 bits per heavy atom. The molecule has 0 radical (unpaired) electrons. The molecular formula is C15H24N4O4S. The number of rotatable bonds is 7. The molecule has 2 heterocycles. The van der Waals surface area contributed by atoms with Crippen LogP contribution in [-0.4, -0.2) is 63.9 Å². The highest BCUT2D eigenvalue weighted by Gasteiger charge is 2.56. The summed E-state index contributed by atoms with van der Waals surface area (Å²) >= 11 is 4.08. The maximum absolute atomic E-state index is 13.0. The smallest absolute Gasteiger partial charge is 0.249 e. The molecule has 0 bridgehead atoms. The van der Waals surface area contributed by atoms with Crippen LogP contribution in [0.1, 0.15) is 38.5 Å². The molecule has 2 rings (SSSR count). The minimum Gasteiger partial charge on any atom is -0.370 e. The zero-order chi connectivity index (χ0) is 17.9. The van der Waals surface area contributed by atoms with Gasteiger partial charge in [0.1, 0.15) is 11.6 Å². The number of likely N-dealkylation sites (tertiary alicyclic amines) is 2. The second-order valence-corrected chi connectivity index (χ2v) is 6.77. The van der Waals surface area contributed by atoms with Crippen LogP contribution >= 0.6 is 12.6 Å². The van der Waals surface area contributed by atoms with Gasteiger partial charge in [-0.25, -0.2) is 0 Å². The second-order valence-electron chi connectivity index (χ2n) is 6.33. The molecule has 1 unspecified atom stereocenters. The third kappa shape index (κ3) is 3.35. The third-order valence-corrected chi connectivity index (χ3v) is 5.13. The molecule has 9 heteroatoms. The summed E-state index contributed by atoms with van der Waals surface area (Å²) in [6.07, 6.45) is 2.18. The van der Waals surface area contributed by atoms with Crippen molar-refractivity contribution in [2.75, 3.05) is 18.8 Å². The molecular weight excluding hydrogens is 332 g/mol. The van der Waals surface area contributed by atoms with Crippen molar-refractivity contribution in [3.05, 3.63) is 0 Å². The number of primary amides is 2. The van der Waals surface area contributed by atoms with Crippen LogP contribution in [0.5, 0.6) is 0 Å². The minimum atomic E-state index is -0.875. The van der Waals surface area contributed by atoms with E-state index in [2.05, 4.69) is 12.6 Å². The molecule has 2 aliphatic rings. The third-order valence-electron chi connectivity index (χ3n) is 4.91. The van der Waals surface area contributed by atoms with E-state index in [0.29, 0.717) is 31.7 Å². The van der Waals surface area contributed by atoms with Gasteiger partial charge in [-0.2, -0.15) is 12.6 Å². The van der Waals surface area contributed by atoms with Crippen molar-refractivity contribution in [3.8, 4) is 0 Å². The van der Waals surface area contributed by atoms with Gasteiger partial charge < -0.3 is 21.3 Å². The Morgan fingerprint density at radius 1 is 1.17 bits per heavy atom. The summed E-state index contributed by atoms with van der Waals surface area (Å²) in [5, 5.41) is 0. The Labute approximate surface area is 146 Å². The molecule has 4 amide bonds. The van der Waals surface area contributed by atoms with Crippen LogP contribution in [0, 0.1) is 0 Å². The predicted octanol–water partition coefficient (Wildman–Crippen LogP) is -0.981. The minimum absolute atomic E-state index is 0.0211. The topological polar surface area (TPSA) is 127 Å². The fourth-order valence-electron chi connectivity index (χ4n) is 3.76. The number of carbonyl (C=O) groups excluding carboxylic acids is 4. The summed E-state index contributed by atoms with van der Waals surface area (Å²) in [5.41, 5.74) is 9.67. The van der Waals surface area contributed by atoms with Crippen LogP contribution in [0.15, 0.2) is 0 Å². The van der Waals surface area contributed by atoms with E-state index < -0.39 is 23.4 Å². The van der Waals surface area contributed by atoms with Gasteiger partial charge in [-0.15, -0.1) is 0 Å². The largest absolute Gasteiger partial charge is 0.370 e. The Kier molecular flexibility index (Phi) is 5.74. The fourth-order valence-corrected chi connectivity index (χ4v) is 3.96. The van der Waals surface area contributed by atoms with E-state index in [4.69, 9.17) is 11.5 Å². The van der Waals surface area contributed by atoms with Gasteiger partial charge in [0.25, 0.3) is 0 Å². The summed E-state index contributed by atoms with van der Waals surface area (Å²) in [6, 6.07) is -0.869. The Bertz CT molecular complexity index is 556. The first-order valence-electron chi connectivity index (χ1n) is 8.13. The van der Waals surface area contributed by atoms with Gasteiger partial charge in [0.05, 0.1) is 0 Å². The highest BCUT2D eigenvalue weighted by molar-refractivity contribution is 7.80. The van der Waals surface area contributed by atoms with Crippen molar-refractivity contribution >= 4 is 36.3 Å². The van der Waals surface area contributed by atoms with E-state index in [9.17, 15) is 19.2 Å². The first kappa shape index (κ1) is 18.6. The molecule has 0 aromatic heterocycles. The Morgan fingerprint density at radius 3 is 2.46 bits per heavy atom. The molecule has 0 aromatic rings. The number of nitrogens with zero attached hydrogens (tertiary/aromatic N) is 2. The summed E-state index contributed by atoms with van der Waals surface area (Å²) in [6.45, 7) is 0.880. The average molecular weight is 356 g/mol. The lowest BCUT2D eigenvalue weighted by molar-refractivity contribution is -0.148. The molecule has 2 aliphatic heterocycles. The molecule has 2 atom stereocenters. The lowest BCUT2D eigenvalue weighted by Gasteiger charge is -2.34. The molecule has 0 saturated carbocycles. The van der Waals surface area contributed by atoms with E-state index in [1.165, 1.54) is 4.90 Å². The van der Waals surface area contributed by atoms with Gasteiger partial charge in [0, 0.05) is 25.9 Å². The molecule has 1 spiro atoms. The number of hydrogen-bond acceptors (Lipinski definition) is 5. The van der Waals surface area contributed by atoms with Crippen LogP contribution in [-0.2, 0) is 19.2 Å². The van der Waals surface area contributed by atoms with Crippen LogP contribution < -0.4 is 11.5 Å². The van der Waals surface area contributed by atoms with Gasteiger partial charge in [0.2, 0.25) is 23.6 Å². The standard InChI is InChI=1S/C15H24N4O4S/c16-11(20)3-2-10(13(17)22)18-8-6-15(14(18)23)5-1-7-19(15)12(21)4-9-24/h10,24H,1-9H2,(H2,16,20)(H2,17,22)/t10-,15?/m0/s1.